The van der Waals surface area contributed by atoms with Gasteiger partial charge in [0.05, 0.1) is 0 Å². The van der Waals surface area contributed by atoms with E-state index in [1.807, 2.05) is 30.3 Å². The molecule has 1 heterocycles. The molecule has 0 aliphatic heterocycles. The Bertz CT molecular complexity index is 429. The average molecular weight is 263 g/mol. The Labute approximate surface area is 97.5 Å². The van der Waals surface area contributed by atoms with Gasteiger partial charge in [-0.3, -0.25) is 4.98 Å². The van der Waals surface area contributed by atoms with E-state index < -0.39 is 0 Å². The highest BCUT2D eigenvalue weighted by Crippen LogP contribution is 2.16. The van der Waals surface area contributed by atoms with Crippen molar-refractivity contribution in [2.75, 3.05) is 5.32 Å². The topological polar surface area (TPSA) is 24.9 Å². The van der Waals surface area contributed by atoms with Crippen molar-refractivity contribution < 1.29 is 0 Å². The maximum Gasteiger partial charge on any atom is 0.0401 e. The van der Waals surface area contributed by atoms with Crippen LogP contribution in [0, 0.1) is 0 Å². The summed E-state index contributed by atoms with van der Waals surface area (Å²) in [5, 5.41) is 3.34. The molecule has 0 radical (unpaired) electrons. The highest BCUT2D eigenvalue weighted by molar-refractivity contribution is 9.10. The van der Waals surface area contributed by atoms with Crippen molar-refractivity contribution in [2.24, 2.45) is 0 Å². The minimum absolute atomic E-state index is 0.818. The normalized spacial score (nSPS) is 9.93. The molecule has 0 spiro atoms. The van der Waals surface area contributed by atoms with E-state index in [4.69, 9.17) is 0 Å². The fourth-order valence-corrected chi connectivity index (χ4v) is 1.70. The van der Waals surface area contributed by atoms with Gasteiger partial charge in [0, 0.05) is 29.1 Å². The van der Waals surface area contributed by atoms with Crippen LogP contribution in [-0.2, 0) is 6.54 Å². The number of aromatic nitrogens is 1. The molecule has 1 aromatic heterocycles. The number of nitrogens with zero attached hydrogens (tertiary/aromatic N) is 1. The second-order valence-corrected chi connectivity index (χ2v) is 4.14. The Kier molecular flexibility index (Phi) is 3.35. The Morgan fingerprint density at radius 2 is 1.93 bits per heavy atom. The second kappa shape index (κ2) is 4.94. The van der Waals surface area contributed by atoms with Crippen molar-refractivity contribution >= 4 is 21.6 Å². The van der Waals surface area contributed by atoms with Crippen molar-refractivity contribution in [3.8, 4) is 0 Å². The molecular formula is C12H11BrN2. The van der Waals surface area contributed by atoms with Gasteiger partial charge in [-0.1, -0.05) is 22.0 Å². The van der Waals surface area contributed by atoms with Gasteiger partial charge in [0.1, 0.15) is 0 Å². The molecular weight excluding hydrogens is 252 g/mol. The number of halogens is 1. The number of nitrogens with one attached hydrogen (secondary N) is 1. The summed E-state index contributed by atoms with van der Waals surface area (Å²) >= 11 is 3.44. The van der Waals surface area contributed by atoms with Gasteiger partial charge in [0.25, 0.3) is 0 Å². The summed E-state index contributed by atoms with van der Waals surface area (Å²) < 4.78 is 1.09. The third-order valence-corrected chi connectivity index (χ3v) is 2.56. The molecule has 0 saturated carbocycles. The summed E-state index contributed by atoms with van der Waals surface area (Å²) in [5.41, 5.74) is 2.34. The number of rotatable bonds is 3. The molecule has 0 saturated heterocycles. The molecule has 1 aromatic carbocycles. The summed E-state index contributed by atoms with van der Waals surface area (Å²) in [7, 11) is 0. The lowest BCUT2D eigenvalue weighted by Gasteiger charge is -2.06. The lowest BCUT2D eigenvalue weighted by Crippen LogP contribution is -1.98. The first-order valence-electron chi connectivity index (χ1n) is 4.73. The Morgan fingerprint density at radius 1 is 1.13 bits per heavy atom. The van der Waals surface area contributed by atoms with Crippen LogP contribution in [0.2, 0.25) is 0 Å². The van der Waals surface area contributed by atoms with Crippen LogP contribution in [0.4, 0.5) is 5.69 Å². The van der Waals surface area contributed by atoms with E-state index in [0.29, 0.717) is 0 Å². The molecule has 0 aliphatic carbocycles. The molecule has 0 fully saturated rings. The van der Waals surface area contributed by atoms with E-state index in [1.165, 1.54) is 5.56 Å². The summed E-state index contributed by atoms with van der Waals surface area (Å²) in [5.74, 6) is 0. The van der Waals surface area contributed by atoms with Crippen LogP contribution in [0.25, 0.3) is 0 Å². The standard InChI is InChI=1S/C12H11BrN2/c13-11-2-1-3-12(8-11)15-9-10-4-6-14-7-5-10/h1-8,15H,9H2. The fraction of sp³-hybridized carbons (Fsp3) is 0.0833. The summed E-state index contributed by atoms with van der Waals surface area (Å²) in [6.07, 6.45) is 3.61. The van der Waals surface area contributed by atoms with Crippen LogP contribution in [0.15, 0.2) is 53.3 Å². The van der Waals surface area contributed by atoms with Crippen molar-refractivity contribution in [1.82, 2.24) is 4.98 Å². The predicted octanol–water partition coefficient (Wildman–Crippen LogP) is 3.46. The maximum atomic E-state index is 3.98. The van der Waals surface area contributed by atoms with Crippen LogP contribution in [0.1, 0.15) is 5.56 Å². The Balaban J connectivity index is 1.99. The molecule has 2 aromatic rings. The zero-order chi connectivity index (χ0) is 10.5. The molecule has 0 aliphatic rings. The summed E-state index contributed by atoms with van der Waals surface area (Å²) in [4.78, 5) is 3.98. The Morgan fingerprint density at radius 3 is 2.67 bits per heavy atom. The lowest BCUT2D eigenvalue weighted by molar-refractivity contribution is 1.13. The van der Waals surface area contributed by atoms with Gasteiger partial charge in [0.15, 0.2) is 0 Å². The maximum absolute atomic E-state index is 3.98. The molecule has 0 amide bonds. The highest BCUT2D eigenvalue weighted by Gasteiger charge is 1.93. The highest BCUT2D eigenvalue weighted by atomic mass is 79.9. The summed E-state index contributed by atoms with van der Waals surface area (Å²) in [6.45, 7) is 0.818. The van der Waals surface area contributed by atoms with E-state index in [2.05, 4.69) is 32.3 Å². The second-order valence-electron chi connectivity index (χ2n) is 3.22. The molecule has 0 bridgehead atoms. The lowest BCUT2D eigenvalue weighted by atomic mass is 10.2. The van der Waals surface area contributed by atoms with Crippen LogP contribution < -0.4 is 5.32 Å². The summed E-state index contributed by atoms with van der Waals surface area (Å²) in [6, 6.07) is 12.1. The van der Waals surface area contributed by atoms with Gasteiger partial charge in [0.2, 0.25) is 0 Å². The zero-order valence-electron chi connectivity index (χ0n) is 8.15. The quantitative estimate of drug-likeness (QED) is 0.917. The van der Waals surface area contributed by atoms with Crippen molar-refractivity contribution in [3.63, 3.8) is 0 Å². The van der Waals surface area contributed by atoms with Crippen LogP contribution >= 0.6 is 15.9 Å². The number of anilines is 1. The predicted molar refractivity (Wildman–Crippen MR) is 65.7 cm³/mol. The molecule has 2 nitrogen and oxygen atoms in total. The largest absolute Gasteiger partial charge is 0.381 e. The first-order chi connectivity index (χ1) is 7.34. The van der Waals surface area contributed by atoms with Crippen LogP contribution in [-0.4, -0.2) is 4.98 Å². The number of hydrogen-bond acceptors (Lipinski definition) is 2. The van der Waals surface area contributed by atoms with E-state index >= 15 is 0 Å². The SMILES string of the molecule is Brc1cccc(NCc2ccncc2)c1. The van der Waals surface area contributed by atoms with Gasteiger partial charge in [-0.05, 0) is 35.9 Å². The van der Waals surface area contributed by atoms with E-state index in [9.17, 15) is 0 Å². The number of benzene rings is 1. The molecule has 1 N–H and O–H groups in total. The minimum atomic E-state index is 0.818. The molecule has 76 valence electrons. The van der Waals surface area contributed by atoms with E-state index in [0.717, 1.165) is 16.7 Å². The monoisotopic (exact) mass is 262 g/mol. The van der Waals surface area contributed by atoms with Crippen LogP contribution in [0.3, 0.4) is 0 Å². The number of pyridine rings is 1. The Hall–Kier alpha value is -1.35. The van der Waals surface area contributed by atoms with Crippen LogP contribution in [0.5, 0.6) is 0 Å². The molecule has 0 unspecified atom stereocenters. The third kappa shape index (κ3) is 3.06. The number of hydrogen-bond donors (Lipinski definition) is 1. The van der Waals surface area contributed by atoms with Gasteiger partial charge in [-0.15, -0.1) is 0 Å². The van der Waals surface area contributed by atoms with Gasteiger partial charge in [-0.2, -0.15) is 0 Å². The van der Waals surface area contributed by atoms with E-state index in [-0.39, 0.29) is 0 Å². The van der Waals surface area contributed by atoms with Gasteiger partial charge >= 0.3 is 0 Å². The average Bonchev–Trinajstić information content (AvgIpc) is 2.28. The molecule has 15 heavy (non-hydrogen) atoms. The zero-order valence-corrected chi connectivity index (χ0v) is 9.74. The van der Waals surface area contributed by atoms with Gasteiger partial charge < -0.3 is 5.32 Å². The molecule has 3 heteroatoms. The molecule has 0 atom stereocenters. The van der Waals surface area contributed by atoms with Gasteiger partial charge in [-0.25, -0.2) is 0 Å². The van der Waals surface area contributed by atoms with Crippen molar-refractivity contribution in [1.29, 1.82) is 0 Å². The first-order valence-corrected chi connectivity index (χ1v) is 5.52. The fourth-order valence-electron chi connectivity index (χ4n) is 1.30. The smallest absolute Gasteiger partial charge is 0.0401 e. The third-order valence-electron chi connectivity index (χ3n) is 2.07. The minimum Gasteiger partial charge on any atom is -0.381 e. The van der Waals surface area contributed by atoms with Crippen molar-refractivity contribution in [2.45, 2.75) is 6.54 Å². The van der Waals surface area contributed by atoms with E-state index in [1.54, 1.807) is 12.4 Å². The molecule has 2 rings (SSSR count). The first kappa shape index (κ1) is 10.2. The van der Waals surface area contributed by atoms with Crippen molar-refractivity contribution in [3.05, 3.63) is 58.8 Å².